The van der Waals surface area contributed by atoms with Crippen LogP contribution in [0.2, 0.25) is 5.02 Å². The number of rotatable bonds is 6. The third-order valence-electron chi connectivity index (χ3n) is 3.11. The van der Waals surface area contributed by atoms with Crippen molar-refractivity contribution in [2.45, 2.75) is 24.9 Å². The lowest BCUT2D eigenvalue weighted by atomic mass is 10.2. The highest BCUT2D eigenvalue weighted by atomic mass is 35.5. The number of nitrogens with two attached hydrogens (primary N) is 1. The molecule has 0 fully saturated rings. The van der Waals surface area contributed by atoms with Gasteiger partial charge in [-0.3, -0.25) is 0 Å². The van der Waals surface area contributed by atoms with E-state index in [0.717, 1.165) is 10.4 Å². The number of halogens is 1. The molecule has 1 heterocycles. The second-order valence-electron chi connectivity index (χ2n) is 4.48. The monoisotopic (exact) mass is 344 g/mol. The van der Waals surface area contributed by atoms with E-state index in [2.05, 4.69) is 0 Å². The van der Waals surface area contributed by atoms with Crippen molar-refractivity contribution in [3.63, 3.8) is 0 Å². The quantitative estimate of drug-likeness (QED) is 0.875. The van der Waals surface area contributed by atoms with Gasteiger partial charge in [-0.1, -0.05) is 30.7 Å². The largest absolute Gasteiger partial charge is 0.326 e. The number of sulfonamides is 1. The molecule has 0 aliphatic rings. The van der Waals surface area contributed by atoms with Crippen molar-refractivity contribution in [3.8, 4) is 0 Å². The molecule has 2 aromatic rings. The second kappa shape index (κ2) is 6.89. The number of benzene rings is 1. The van der Waals surface area contributed by atoms with Crippen LogP contribution in [-0.2, 0) is 23.1 Å². The van der Waals surface area contributed by atoms with Gasteiger partial charge in [0.15, 0.2) is 0 Å². The first-order valence-corrected chi connectivity index (χ1v) is 9.19. The van der Waals surface area contributed by atoms with E-state index in [-0.39, 0.29) is 16.5 Å². The third kappa shape index (κ3) is 3.64. The van der Waals surface area contributed by atoms with Crippen LogP contribution in [0.15, 0.2) is 40.6 Å². The van der Waals surface area contributed by atoms with Crippen molar-refractivity contribution in [3.05, 3.63) is 51.2 Å². The summed E-state index contributed by atoms with van der Waals surface area (Å²) >= 11 is 7.61. The van der Waals surface area contributed by atoms with E-state index in [1.807, 2.05) is 24.4 Å². The van der Waals surface area contributed by atoms with Crippen molar-refractivity contribution < 1.29 is 8.42 Å². The van der Waals surface area contributed by atoms with E-state index in [4.69, 9.17) is 17.3 Å². The lowest BCUT2D eigenvalue weighted by molar-refractivity contribution is 0.426. The van der Waals surface area contributed by atoms with Crippen LogP contribution in [0.25, 0.3) is 0 Å². The van der Waals surface area contributed by atoms with E-state index in [9.17, 15) is 8.42 Å². The van der Waals surface area contributed by atoms with Crippen molar-refractivity contribution in [2.24, 2.45) is 5.73 Å². The molecule has 0 saturated carbocycles. The van der Waals surface area contributed by atoms with Crippen molar-refractivity contribution in [1.82, 2.24) is 4.31 Å². The Labute approximate surface area is 134 Å². The highest BCUT2D eigenvalue weighted by Crippen LogP contribution is 2.27. The summed E-state index contributed by atoms with van der Waals surface area (Å²) in [5.41, 5.74) is 6.32. The summed E-state index contributed by atoms with van der Waals surface area (Å²) in [5.74, 6) is 0. The van der Waals surface area contributed by atoms with Gasteiger partial charge in [-0.2, -0.15) is 4.31 Å². The Morgan fingerprint density at radius 2 is 2.10 bits per heavy atom. The molecule has 0 atom stereocenters. The summed E-state index contributed by atoms with van der Waals surface area (Å²) in [6.45, 7) is 2.81. The first-order chi connectivity index (χ1) is 9.98. The van der Waals surface area contributed by atoms with Crippen molar-refractivity contribution in [1.29, 1.82) is 0 Å². The van der Waals surface area contributed by atoms with Crippen LogP contribution in [-0.4, -0.2) is 19.3 Å². The van der Waals surface area contributed by atoms with E-state index in [0.29, 0.717) is 13.1 Å². The molecule has 1 aromatic heterocycles. The molecule has 0 spiro atoms. The van der Waals surface area contributed by atoms with E-state index in [1.54, 1.807) is 18.2 Å². The van der Waals surface area contributed by atoms with E-state index >= 15 is 0 Å². The van der Waals surface area contributed by atoms with Gasteiger partial charge in [-0.05, 0) is 29.1 Å². The SMILES string of the molecule is CCN(Cc1cccs1)S(=O)(=O)c1cc(CN)ccc1Cl. The maximum atomic E-state index is 12.8. The van der Waals surface area contributed by atoms with Crippen LogP contribution < -0.4 is 5.73 Å². The van der Waals surface area contributed by atoms with E-state index < -0.39 is 10.0 Å². The Bertz CT molecular complexity index is 700. The minimum absolute atomic E-state index is 0.116. The third-order valence-corrected chi connectivity index (χ3v) is 6.38. The first kappa shape index (κ1) is 16.5. The fraction of sp³-hybridized carbons (Fsp3) is 0.286. The van der Waals surface area contributed by atoms with Crippen LogP contribution in [0.3, 0.4) is 0 Å². The summed E-state index contributed by atoms with van der Waals surface area (Å²) in [4.78, 5) is 1.11. The highest BCUT2D eigenvalue weighted by molar-refractivity contribution is 7.89. The fourth-order valence-corrected chi connectivity index (χ4v) is 4.71. The number of hydrogen-bond acceptors (Lipinski definition) is 4. The summed E-state index contributed by atoms with van der Waals surface area (Å²) < 4.78 is 27.0. The smallest absolute Gasteiger partial charge is 0.244 e. The van der Waals surface area contributed by atoms with Crippen LogP contribution in [0.5, 0.6) is 0 Å². The Morgan fingerprint density at radius 3 is 2.67 bits per heavy atom. The molecule has 1 aromatic carbocycles. The zero-order chi connectivity index (χ0) is 15.5. The minimum atomic E-state index is -3.64. The van der Waals surface area contributed by atoms with Crippen molar-refractivity contribution in [2.75, 3.05) is 6.54 Å². The molecular weight excluding hydrogens is 328 g/mol. The summed E-state index contributed by atoms with van der Waals surface area (Å²) in [6, 6.07) is 8.69. The minimum Gasteiger partial charge on any atom is -0.326 e. The molecule has 4 nitrogen and oxygen atoms in total. The number of nitrogens with zero attached hydrogens (tertiary/aromatic N) is 1. The average molecular weight is 345 g/mol. The highest BCUT2D eigenvalue weighted by Gasteiger charge is 2.26. The average Bonchev–Trinajstić information content (AvgIpc) is 2.98. The molecule has 114 valence electrons. The number of thiophene rings is 1. The standard InChI is InChI=1S/C14H17ClN2O2S2/c1-2-17(10-12-4-3-7-20-12)21(18,19)14-8-11(9-16)5-6-13(14)15/h3-8H,2,9-10,16H2,1H3. The molecular formula is C14H17ClN2O2S2. The Hall–Kier alpha value is -0.920. The maximum absolute atomic E-state index is 12.8. The molecule has 2 rings (SSSR count). The van der Waals surface area contributed by atoms with Crippen LogP contribution in [0.4, 0.5) is 0 Å². The summed E-state index contributed by atoms with van der Waals surface area (Å²) in [7, 11) is -3.64. The molecule has 0 unspecified atom stereocenters. The zero-order valence-electron chi connectivity index (χ0n) is 11.6. The molecule has 2 N–H and O–H groups in total. The zero-order valence-corrected chi connectivity index (χ0v) is 14.0. The molecule has 21 heavy (non-hydrogen) atoms. The fourth-order valence-electron chi connectivity index (χ4n) is 1.95. The predicted octanol–water partition coefficient (Wildman–Crippen LogP) is 3.07. The van der Waals surface area contributed by atoms with Gasteiger partial charge in [-0.25, -0.2) is 8.42 Å². The second-order valence-corrected chi connectivity index (χ2v) is 7.83. The summed E-state index contributed by atoms with van der Waals surface area (Å²) in [5, 5.41) is 2.15. The Balaban J connectivity index is 2.39. The normalized spacial score (nSPS) is 12.0. The summed E-state index contributed by atoms with van der Waals surface area (Å²) in [6.07, 6.45) is 0. The molecule has 0 amide bonds. The van der Waals surface area contributed by atoms with E-state index in [1.165, 1.54) is 15.6 Å². The molecule has 0 aliphatic heterocycles. The Kier molecular flexibility index (Phi) is 5.40. The van der Waals surface area contributed by atoms with Crippen LogP contribution in [0, 0.1) is 0 Å². The molecule has 7 heteroatoms. The van der Waals surface area contributed by atoms with Crippen molar-refractivity contribution >= 4 is 33.0 Å². The van der Waals surface area contributed by atoms with Gasteiger partial charge in [-0.15, -0.1) is 11.3 Å². The van der Waals surface area contributed by atoms with Crippen LogP contribution in [0.1, 0.15) is 17.4 Å². The molecule has 0 saturated heterocycles. The molecule has 0 bridgehead atoms. The van der Waals surface area contributed by atoms with Gasteiger partial charge >= 0.3 is 0 Å². The maximum Gasteiger partial charge on any atom is 0.244 e. The molecule has 0 aliphatic carbocycles. The number of hydrogen-bond donors (Lipinski definition) is 1. The van der Waals surface area contributed by atoms with Gasteiger partial charge < -0.3 is 5.73 Å². The topological polar surface area (TPSA) is 63.4 Å². The Morgan fingerprint density at radius 1 is 1.33 bits per heavy atom. The predicted molar refractivity (Wildman–Crippen MR) is 86.9 cm³/mol. The lowest BCUT2D eigenvalue weighted by Crippen LogP contribution is -2.30. The van der Waals surface area contributed by atoms with Gasteiger partial charge in [0.25, 0.3) is 0 Å². The van der Waals surface area contributed by atoms with Gasteiger partial charge in [0.2, 0.25) is 10.0 Å². The van der Waals surface area contributed by atoms with Gasteiger partial charge in [0.1, 0.15) is 4.90 Å². The van der Waals surface area contributed by atoms with Crippen LogP contribution >= 0.6 is 22.9 Å². The molecule has 0 radical (unpaired) electrons. The first-order valence-electron chi connectivity index (χ1n) is 6.50. The lowest BCUT2D eigenvalue weighted by Gasteiger charge is -2.21. The van der Waals surface area contributed by atoms with Gasteiger partial charge in [0, 0.05) is 24.5 Å². The van der Waals surface area contributed by atoms with Gasteiger partial charge in [0.05, 0.1) is 5.02 Å².